The van der Waals surface area contributed by atoms with Gasteiger partial charge in [0.05, 0.1) is 6.10 Å². The van der Waals surface area contributed by atoms with Crippen LogP contribution in [0.1, 0.15) is 65.2 Å². The van der Waals surface area contributed by atoms with Gasteiger partial charge in [0.25, 0.3) is 0 Å². The van der Waals surface area contributed by atoms with E-state index in [2.05, 4.69) is 11.9 Å². The molecule has 24 heavy (non-hydrogen) atoms. The SMILES string of the molecule is CC(OCCCC1CCCN(C(=O)OC(C)(C)C)C1)c1ccc[nH]1. The molecule has 5 nitrogen and oxygen atoms in total. The molecule has 2 atom stereocenters. The first-order chi connectivity index (χ1) is 11.3. The number of carbonyl (C=O) groups is 1. The minimum atomic E-state index is -0.425. The molecule has 136 valence electrons. The van der Waals surface area contributed by atoms with E-state index in [1.54, 1.807) is 0 Å². The van der Waals surface area contributed by atoms with Crippen molar-refractivity contribution >= 4 is 6.09 Å². The number of amides is 1. The van der Waals surface area contributed by atoms with Crippen LogP contribution in [0.4, 0.5) is 4.79 Å². The van der Waals surface area contributed by atoms with Crippen molar-refractivity contribution < 1.29 is 14.3 Å². The zero-order chi connectivity index (χ0) is 17.6. The Morgan fingerprint density at radius 2 is 2.25 bits per heavy atom. The lowest BCUT2D eigenvalue weighted by Gasteiger charge is -2.34. The number of hydrogen-bond acceptors (Lipinski definition) is 3. The predicted molar refractivity (Wildman–Crippen MR) is 94.9 cm³/mol. The van der Waals surface area contributed by atoms with Gasteiger partial charge in [0.2, 0.25) is 0 Å². The van der Waals surface area contributed by atoms with E-state index in [4.69, 9.17) is 9.47 Å². The highest BCUT2D eigenvalue weighted by Crippen LogP contribution is 2.23. The first-order valence-corrected chi connectivity index (χ1v) is 9.08. The van der Waals surface area contributed by atoms with Crippen LogP contribution in [0.15, 0.2) is 18.3 Å². The molecule has 0 bridgehead atoms. The van der Waals surface area contributed by atoms with Crippen molar-refractivity contribution in [2.75, 3.05) is 19.7 Å². The Morgan fingerprint density at radius 3 is 2.92 bits per heavy atom. The second-order valence-corrected chi connectivity index (χ2v) is 7.72. The van der Waals surface area contributed by atoms with Crippen LogP contribution >= 0.6 is 0 Å². The van der Waals surface area contributed by atoms with Gasteiger partial charge in [-0.2, -0.15) is 0 Å². The standard InChI is InChI=1S/C19H32N2O3/c1-15(17-10-5-11-20-17)23-13-7-9-16-8-6-12-21(14-16)18(22)24-19(2,3)4/h5,10-11,15-16,20H,6-9,12-14H2,1-4H3. The van der Waals surface area contributed by atoms with E-state index in [1.807, 2.05) is 44.0 Å². The van der Waals surface area contributed by atoms with Crippen LogP contribution in [-0.2, 0) is 9.47 Å². The van der Waals surface area contributed by atoms with Gasteiger partial charge in [0.15, 0.2) is 0 Å². The summed E-state index contributed by atoms with van der Waals surface area (Å²) in [4.78, 5) is 17.2. The van der Waals surface area contributed by atoms with Gasteiger partial charge in [-0.05, 0) is 71.4 Å². The van der Waals surface area contributed by atoms with Crippen molar-refractivity contribution in [2.45, 2.75) is 65.1 Å². The predicted octanol–water partition coefficient (Wildman–Crippen LogP) is 4.52. The molecule has 0 spiro atoms. The Hall–Kier alpha value is -1.49. The fourth-order valence-corrected chi connectivity index (χ4v) is 3.11. The fraction of sp³-hybridized carbons (Fsp3) is 0.737. The molecule has 2 heterocycles. The largest absolute Gasteiger partial charge is 0.444 e. The molecule has 1 N–H and O–H groups in total. The van der Waals surface area contributed by atoms with Gasteiger partial charge in [-0.25, -0.2) is 4.79 Å². The van der Waals surface area contributed by atoms with Crippen LogP contribution in [0.25, 0.3) is 0 Å². The van der Waals surface area contributed by atoms with Gasteiger partial charge in [-0.3, -0.25) is 0 Å². The lowest BCUT2D eigenvalue weighted by Crippen LogP contribution is -2.42. The smallest absolute Gasteiger partial charge is 0.410 e. The maximum atomic E-state index is 12.2. The third-order valence-electron chi connectivity index (χ3n) is 4.36. The molecule has 1 saturated heterocycles. The quantitative estimate of drug-likeness (QED) is 0.777. The minimum absolute atomic E-state index is 0.101. The minimum Gasteiger partial charge on any atom is -0.444 e. The molecule has 0 aliphatic carbocycles. The van der Waals surface area contributed by atoms with E-state index in [0.29, 0.717) is 5.92 Å². The molecule has 5 heteroatoms. The molecule has 1 aliphatic rings. The molecule has 1 amide bonds. The van der Waals surface area contributed by atoms with Crippen molar-refractivity contribution in [3.05, 3.63) is 24.0 Å². The molecule has 0 radical (unpaired) electrons. The Labute approximate surface area is 145 Å². The van der Waals surface area contributed by atoms with Gasteiger partial charge < -0.3 is 19.4 Å². The van der Waals surface area contributed by atoms with Crippen LogP contribution < -0.4 is 0 Å². The van der Waals surface area contributed by atoms with Gasteiger partial charge >= 0.3 is 6.09 Å². The van der Waals surface area contributed by atoms with Crippen molar-refractivity contribution in [1.29, 1.82) is 0 Å². The van der Waals surface area contributed by atoms with Crippen molar-refractivity contribution in [3.63, 3.8) is 0 Å². The molecular weight excluding hydrogens is 304 g/mol. The summed E-state index contributed by atoms with van der Waals surface area (Å²) in [5, 5.41) is 0. The molecular formula is C19H32N2O3. The number of rotatable bonds is 6. The molecule has 1 aromatic rings. The number of aromatic amines is 1. The number of hydrogen-bond donors (Lipinski definition) is 1. The van der Waals surface area contributed by atoms with Crippen LogP contribution in [0, 0.1) is 5.92 Å². The highest BCUT2D eigenvalue weighted by molar-refractivity contribution is 5.68. The number of ether oxygens (including phenoxy) is 2. The summed E-state index contributed by atoms with van der Waals surface area (Å²) >= 11 is 0. The number of aromatic nitrogens is 1. The summed E-state index contributed by atoms with van der Waals surface area (Å²) in [7, 11) is 0. The molecule has 1 aromatic heterocycles. The fourth-order valence-electron chi connectivity index (χ4n) is 3.11. The van der Waals surface area contributed by atoms with Crippen LogP contribution in [0.3, 0.4) is 0 Å². The number of piperidine rings is 1. The summed E-state index contributed by atoms with van der Waals surface area (Å²) in [6, 6.07) is 4.03. The van der Waals surface area contributed by atoms with Gasteiger partial charge in [-0.15, -0.1) is 0 Å². The summed E-state index contributed by atoms with van der Waals surface area (Å²) in [6.07, 6.45) is 6.21. The summed E-state index contributed by atoms with van der Waals surface area (Å²) in [6.45, 7) is 10.2. The van der Waals surface area contributed by atoms with Crippen LogP contribution in [0.2, 0.25) is 0 Å². The molecule has 0 saturated carbocycles. The zero-order valence-corrected chi connectivity index (χ0v) is 15.5. The highest BCUT2D eigenvalue weighted by Gasteiger charge is 2.27. The Bertz CT molecular complexity index is 493. The van der Waals surface area contributed by atoms with Crippen molar-refractivity contribution in [1.82, 2.24) is 9.88 Å². The molecule has 1 aliphatic heterocycles. The Balaban J connectivity index is 1.66. The highest BCUT2D eigenvalue weighted by atomic mass is 16.6. The number of likely N-dealkylation sites (tertiary alicyclic amines) is 1. The maximum absolute atomic E-state index is 12.2. The van der Waals surface area contributed by atoms with E-state index >= 15 is 0 Å². The van der Waals surface area contributed by atoms with Crippen molar-refractivity contribution in [2.24, 2.45) is 5.92 Å². The normalized spacial score (nSPS) is 20.0. The van der Waals surface area contributed by atoms with Gasteiger partial charge in [0, 0.05) is 31.6 Å². The van der Waals surface area contributed by atoms with E-state index in [9.17, 15) is 4.79 Å². The monoisotopic (exact) mass is 336 g/mol. The maximum Gasteiger partial charge on any atom is 0.410 e. The van der Waals surface area contributed by atoms with E-state index < -0.39 is 5.60 Å². The third kappa shape index (κ3) is 6.19. The first-order valence-electron chi connectivity index (χ1n) is 9.08. The van der Waals surface area contributed by atoms with Gasteiger partial charge in [-0.1, -0.05) is 0 Å². The lowest BCUT2D eigenvalue weighted by atomic mass is 9.94. The van der Waals surface area contributed by atoms with E-state index in [1.165, 1.54) is 6.42 Å². The molecule has 0 aromatic carbocycles. The zero-order valence-electron chi connectivity index (χ0n) is 15.5. The second kappa shape index (κ2) is 8.56. The van der Waals surface area contributed by atoms with Crippen LogP contribution in [-0.4, -0.2) is 41.3 Å². The number of nitrogens with zero attached hydrogens (tertiary/aromatic N) is 1. The second-order valence-electron chi connectivity index (χ2n) is 7.72. The third-order valence-corrected chi connectivity index (χ3v) is 4.36. The summed E-state index contributed by atoms with van der Waals surface area (Å²) in [5.41, 5.74) is 0.690. The summed E-state index contributed by atoms with van der Waals surface area (Å²) in [5.74, 6) is 0.552. The Kier molecular flexibility index (Phi) is 6.72. The van der Waals surface area contributed by atoms with E-state index in [0.717, 1.165) is 44.7 Å². The van der Waals surface area contributed by atoms with Crippen LogP contribution in [0.5, 0.6) is 0 Å². The summed E-state index contributed by atoms with van der Waals surface area (Å²) < 4.78 is 11.4. The van der Waals surface area contributed by atoms with Crippen molar-refractivity contribution in [3.8, 4) is 0 Å². The first kappa shape index (κ1) is 18.8. The molecule has 2 unspecified atom stereocenters. The average Bonchev–Trinajstić information content (AvgIpc) is 3.04. The topological polar surface area (TPSA) is 54.6 Å². The number of carbonyl (C=O) groups excluding carboxylic acids is 1. The average molecular weight is 336 g/mol. The number of nitrogens with one attached hydrogen (secondary N) is 1. The Morgan fingerprint density at radius 1 is 1.46 bits per heavy atom. The molecule has 1 fully saturated rings. The number of H-pyrrole nitrogens is 1. The van der Waals surface area contributed by atoms with E-state index in [-0.39, 0.29) is 12.2 Å². The van der Waals surface area contributed by atoms with Gasteiger partial charge in [0.1, 0.15) is 5.60 Å². The lowest BCUT2D eigenvalue weighted by molar-refractivity contribution is 0.0148. The molecule has 2 rings (SSSR count).